The van der Waals surface area contributed by atoms with Crippen molar-refractivity contribution in [1.29, 1.82) is 0 Å². The van der Waals surface area contributed by atoms with Gasteiger partial charge in [0.25, 0.3) is 0 Å². The van der Waals surface area contributed by atoms with Gasteiger partial charge in [-0.2, -0.15) is 0 Å². The molecule has 0 radical (unpaired) electrons. The van der Waals surface area contributed by atoms with Crippen LogP contribution in [-0.2, 0) is 5.54 Å². The van der Waals surface area contributed by atoms with E-state index in [0.29, 0.717) is 0 Å². The van der Waals surface area contributed by atoms with Crippen LogP contribution in [0.1, 0.15) is 50.5 Å². The molecule has 104 valence electrons. The van der Waals surface area contributed by atoms with Gasteiger partial charge in [0.05, 0.1) is 13.2 Å². The molecule has 2 aliphatic rings. The molecule has 0 aromatic heterocycles. The SMILES string of the molecule is NC1(c2ccc3c(c2)OCCCO3)CCCCCC1. The second-order valence-corrected chi connectivity index (χ2v) is 5.78. The fourth-order valence-electron chi connectivity index (χ4n) is 3.12. The highest BCUT2D eigenvalue weighted by Crippen LogP contribution is 2.38. The molecule has 0 unspecified atom stereocenters. The Hall–Kier alpha value is -1.22. The van der Waals surface area contributed by atoms with Crippen LogP contribution in [0.2, 0.25) is 0 Å². The molecular formula is C16H23NO2. The van der Waals surface area contributed by atoms with Crippen molar-refractivity contribution in [3.8, 4) is 11.5 Å². The molecule has 0 amide bonds. The summed E-state index contributed by atoms with van der Waals surface area (Å²) >= 11 is 0. The largest absolute Gasteiger partial charge is 0.490 e. The Morgan fingerprint density at radius 1 is 0.842 bits per heavy atom. The monoisotopic (exact) mass is 261 g/mol. The van der Waals surface area contributed by atoms with Gasteiger partial charge >= 0.3 is 0 Å². The van der Waals surface area contributed by atoms with Crippen molar-refractivity contribution in [3.63, 3.8) is 0 Å². The fourth-order valence-corrected chi connectivity index (χ4v) is 3.12. The van der Waals surface area contributed by atoms with Gasteiger partial charge in [0.2, 0.25) is 0 Å². The molecule has 0 bridgehead atoms. The molecule has 3 nitrogen and oxygen atoms in total. The molecule has 19 heavy (non-hydrogen) atoms. The van der Waals surface area contributed by atoms with Crippen molar-refractivity contribution in [3.05, 3.63) is 23.8 Å². The summed E-state index contributed by atoms with van der Waals surface area (Å²) in [6.45, 7) is 1.47. The molecule has 1 fully saturated rings. The summed E-state index contributed by atoms with van der Waals surface area (Å²) in [4.78, 5) is 0. The Morgan fingerprint density at radius 3 is 2.26 bits per heavy atom. The lowest BCUT2D eigenvalue weighted by molar-refractivity contribution is 0.296. The van der Waals surface area contributed by atoms with E-state index in [4.69, 9.17) is 15.2 Å². The van der Waals surface area contributed by atoms with Crippen molar-refractivity contribution in [2.24, 2.45) is 5.73 Å². The summed E-state index contributed by atoms with van der Waals surface area (Å²) < 4.78 is 11.5. The van der Waals surface area contributed by atoms with Crippen molar-refractivity contribution in [2.75, 3.05) is 13.2 Å². The van der Waals surface area contributed by atoms with E-state index in [1.165, 1.54) is 31.2 Å². The Bertz CT molecular complexity index is 436. The summed E-state index contributed by atoms with van der Waals surface area (Å²) in [7, 11) is 0. The average molecular weight is 261 g/mol. The maximum Gasteiger partial charge on any atom is 0.161 e. The van der Waals surface area contributed by atoms with Crippen LogP contribution < -0.4 is 15.2 Å². The molecule has 3 heteroatoms. The van der Waals surface area contributed by atoms with E-state index < -0.39 is 0 Å². The smallest absolute Gasteiger partial charge is 0.161 e. The molecule has 1 saturated carbocycles. The Kier molecular flexibility index (Phi) is 3.65. The number of benzene rings is 1. The summed E-state index contributed by atoms with van der Waals surface area (Å²) in [5.41, 5.74) is 7.68. The third-order valence-corrected chi connectivity index (χ3v) is 4.32. The van der Waals surface area contributed by atoms with Crippen molar-refractivity contribution in [1.82, 2.24) is 0 Å². The first-order valence-electron chi connectivity index (χ1n) is 7.47. The van der Waals surface area contributed by atoms with Crippen LogP contribution in [0, 0.1) is 0 Å². The van der Waals surface area contributed by atoms with Crippen LogP contribution >= 0.6 is 0 Å². The second kappa shape index (κ2) is 5.41. The zero-order valence-electron chi connectivity index (χ0n) is 11.5. The summed E-state index contributed by atoms with van der Waals surface area (Å²) in [5.74, 6) is 1.72. The second-order valence-electron chi connectivity index (χ2n) is 5.78. The van der Waals surface area contributed by atoms with Crippen molar-refractivity contribution >= 4 is 0 Å². The Labute approximate surface area is 115 Å². The van der Waals surface area contributed by atoms with Crippen LogP contribution in [0.4, 0.5) is 0 Å². The number of rotatable bonds is 1. The standard InChI is InChI=1S/C16H23NO2/c17-16(8-3-1-2-4-9-16)13-6-7-14-15(12-13)19-11-5-10-18-14/h6-7,12H,1-5,8-11,17H2. The number of ether oxygens (including phenoxy) is 2. The third-order valence-electron chi connectivity index (χ3n) is 4.32. The predicted molar refractivity (Wildman–Crippen MR) is 75.6 cm³/mol. The zero-order chi connectivity index (χ0) is 13.1. The molecule has 1 heterocycles. The molecule has 1 aromatic rings. The third kappa shape index (κ3) is 2.71. The first-order chi connectivity index (χ1) is 9.28. The number of hydrogen-bond donors (Lipinski definition) is 1. The van der Waals surface area contributed by atoms with Crippen LogP contribution in [0.15, 0.2) is 18.2 Å². The van der Waals surface area contributed by atoms with Gasteiger partial charge in [-0.3, -0.25) is 0 Å². The molecule has 0 atom stereocenters. The van der Waals surface area contributed by atoms with Gasteiger partial charge in [-0.25, -0.2) is 0 Å². The maximum atomic E-state index is 6.66. The average Bonchev–Trinajstić information content (AvgIpc) is 2.78. The highest BCUT2D eigenvalue weighted by atomic mass is 16.5. The van der Waals surface area contributed by atoms with Crippen LogP contribution in [0.3, 0.4) is 0 Å². The molecular weight excluding hydrogens is 238 g/mol. The van der Waals surface area contributed by atoms with Crippen LogP contribution in [-0.4, -0.2) is 13.2 Å². The molecule has 0 saturated heterocycles. The van der Waals surface area contributed by atoms with Gasteiger partial charge in [0, 0.05) is 12.0 Å². The van der Waals surface area contributed by atoms with Crippen LogP contribution in [0.25, 0.3) is 0 Å². The highest BCUT2D eigenvalue weighted by molar-refractivity contribution is 5.45. The molecule has 1 aromatic carbocycles. The first kappa shape index (κ1) is 12.8. The summed E-state index contributed by atoms with van der Waals surface area (Å²) in [6.07, 6.45) is 8.17. The molecule has 1 aliphatic heterocycles. The minimum atomic E-state index is -0.179. The van der Waals surface area contributed by atoms with Gasteiger partial charge in [0.15, 0.2) is 11.5 Å². The first-order valence-corrected chi connectivity index (χ1v) is 7.47. The molecule has 3 rings (SSSR count). The van der Waals surface area contributed by atoms with E-state index in [1.54, 1.807) is 0 Å². The van der Waals surface area contributed by atoms with Gasteiger partial charge in [0.1, 0.15) is 0 Å². The topological polar surface area (TPSA) is 44.5 Å². The fraction of sp³-hybridized carbons (Fsp3) is 0.625. The number of nitrogens with two attached hydrogens (primary N) is 1. The van der Waals surface area contributed by atoms with Gasteiger partial charge in [-0.15, -0.1) is 0 Å². The number of fused-ring (bicyclic) bond motifs is 1. The van der Waals surface area contributed by atoms with E-state index >= 15 is 0 Å². The lowest BCUT2D eigenvalue weighted by Gasteiger charge is -2.29. The highest BCUT2D eigenvalue weighted by Gasteiger charge is 2.29. The Morgan fingerprint density at radius 2 is 1.53 bits per heavy atom. The van der Waals surface area contributed by atoms with E-state index in [2.05, 4.69) is 12.1 Å². The van der Waals surface area contributed by atoms with Crippen molar-refractivity contribution < 1.29 is 9.47 Å². The predicted octanol–water partition coefficient (Wildman–Crippen LogP) is 3.36. The Balaban J connectivity index is 1.89. The van der Waals surface area contributed by atoms with Crippen LogP contribution in [0.5, 0.6) is 11.5 Å². The number of hydrogen-bond acceptors (Lipinski definition) is 3. The normalized spacial score (nSPS) is 22.4. The minimum Gasteiger partial charge on any atom is -0.490 e. The van der Waals surface area contributed by atoms with Gasteiger partial charge < -0.3 is 15.2 Å². The summed E-state index contributed by atoms with van der Waals surface area (Å²) in [6, 6.07) is 6.25. The molecule has 1 aliphatic carbocycles. The molecule has 0 spiro atoms. The van der Waals surface area contributed by atoms with Crippen molar-refractivity contribution in [2.45, 2.75) is 50.5 Å². The minimum absolute atomic E-state index is 0.179. The van der Waals surface area contributed by atoms with E-state index in [0.717, 1.165) is 44.0 Å². The van der Waals surface area contributed by atoms with E-state index in [1.807, 2.05) is 6.07 Å². The lowest BCUT2D eigenvalue weighted by Crippen LogP contribution is -2.35. The summed E-state index contributed by atoms with van der Waals surface area (Å²) in [5, 5.41) is 0. The lowest BCUT2D eigenvalue weighted by atomic mass is 9.84. The van der Waals surface area contributed by atoms with E-state index in [9.17, 15) is 0 Å². The zero-order valence-corrected chi connectivity index (χ0v) is 11.5. The van der Waals surface area contributed by atoms with Gasteiger partial charge in [-0.05, 0) is 30.5 Å². The maximum absolute atomic E-state index is 6.66. The van der Waals surface area contributed by atoms with E-state index in [-0.39, 0.29) is 5.54 Å². The quantitative estimate of drug-likeness (QED) is 0.788. The van der Waals surface area contributed by atoms with Gasteiger partial charge in [-0.1, -0.05) is 31.7 Å². The molecule has 2 N–H and O–H groups in total.